The summed E-state index contributed by atoms with van der Waals surface area (Å²) < 4.78 is 5.96. The van der Waals surface area contributed by atoms with Crippen molar-refractivity contribution in [1.29, 1.82) is 5.26 Å². The number of nitrogens with zero attached hydrogens (tertiary/aromatic N) is 3. The Bertz CT molecular complexity index is 1590. The fourth-order valence-corrected chi connectivity index (χ4v) is 7.30. The molecule has 1 aliphatic carbocycles. The molecular weight excluding hydrogens is 506 g/mol. The minimum absolute atomic E-state index is 0.0183. The van der Waals surface area contributed by atoms with Crippen LogP contribution in [0.5, 0.6) is 11.5 Å². The molecule has 3 aliphatic rings. The van der Waals surface area contributed by atoms with Gasteiger partial charge in [0, 0.05) is 5.41 Å². The number of carboxylic acids is 1. The summed E-state index contributed by atoms with van der Waals surface area (Å²) in [6.45, 7) is 7.16. The standard InChI is InChI=1S/C32H29N3O5/c1-29(2)27(35(29)34-25(36)23-15-8-9-16-24(23)26(34)37)32(19-33)30(3,4)31(32,28(38)39)18-20-11-10-14-22(17-20)40-21-12-6-5-7-13-21/h5-17,27H,18H2,1-4H3,(H,38,39)/p-1/t27-,31-,32-,35?/m1/s1. The van der Waals surface area contributed by atoms with Crippen LogP contribution in [0.4, 0.5) is 0 Å². The topological polar surface area (TPSA) is 114 Å². The molecule has 2 amide bonds. The minimum Gasteiger partial charge on any atom is -0.549 e. The van der Waals surface area contributed by atoms with Gasteiger partial charge >= 0.3 is 0 Å². The van der Waals surface area contributed by atoms with E-state index in [-0.39, 0.29) is 17.5 Å². The van der Waals surface area contributed by atoms with Gasteiger partial charge in [-0.05, 0) is 67.6 Å². The molecule has 1 unspecified atom stereocenters. The van der Waals surface area contributed by atoms with Crippen LogP contribution in [0.25, 0.3) is 0 Å². The van der Waals surface area contributed by atoms with Gasteiger partial charge in [0.15, 0.2) is 0 Å². The number of fused-ring (bicyclic) bond motifs is 1. The Morgan fingerprint density at radius 3 is 2.05 bits per heavy atom. The minimum atomic E-state index is -1.59. The molecule has 0 bridgehead atoms. The van der Waals surface area contributed by atoms with Crippen molar-refractivity contribution in [1.82, 2.24) is 10.0 Å². The molecule has 0 radical (unpaired) electrons. The number of imide groups is 1. The maximum atomic E-state index is 13.3. The highest BCUT2D eigenvalue weighted by Crippen LogP contribution is 2.84. The molecule has 2 heterocycles. The Kier molecular flexibility index (Phi) is 5.32. The van der Waals surface area contributed by atoms with Gasteiger partial charge in [-0.25, -0.2) is 5.01 Å². The number of hydrazine groups is 1. The van der Waals surface area contributed by atoms with Crippen molar-refractivity contribution in [2.45, 2.75) is 45.7 Å². The van der Waals surface area contributed by atoms with Gasteiger partial charge in [-0.15, -0.1) is 0 Å². The number of carbonyl (C=O) groups excluding carboxylic acids is 3. The lowest BCUT2D eigenvalue weighted by Gasteiger charge is -2.24. The van der Waals surface area contributed by atoms with Crippen LogP contribution in [0.15, 0.2) is 78.9 Å². The molecule has 4 atom stereocenters. The summed E-state index contributed by atoms with van der Waals surface area (Å²) in [4.78, 5) is 39.7. The second-order valence-electron chi connectivity index (χ2n) is 11.8. The fourth-order valence-electron chi connectivity index (χ4n) is 7.30. The average Bonchev–Trinajstić information content (AvgIpc) is 3.59. The number of benzene rings is 3. The van der Waals surface area contributed by atoms with Crippen molar-refractivity contribution >= 4 is 17.8 Å². The molecule has 0 N–H and O–H groups in total. The third kappa shape index (κ3) is 3.07. The Morgan fingerprint density at radius 2 is 1.48 bits per heavy atom. The number of carbonyl (C=O) groups is 3. The Balaban J connectivity index is 1.37. The molecule has 8 heteroatoms. The number of amides is 2. The second-order valence-corrected chi connectivity index (χ2v) is 11.8. The first-order valence-corrected chi connectivity index (χ1v) is 13.2. The molecule has 2 aliphatic heterocycles. The zero-order valence-electron chi connectivity index (χ0n) is 22.7. The van der Waals surface area contributed by atoms with E-state index in [1.165, 1.54) is 0 Å². The van der Waals surface area contributed by atoms with Crippen molar-refractivity contribution in [3.63, 3.8) is 0 Å². The van der Waals surface area contributed by atoms with Crippen molar-refractivity contribution in [2.75, 3.05) is 0 Å². The van der Waals surface area contributed by atoms with Crippen molar-refractivity contribution in [3.8, 4) is 17.6 Å². The van der Waals surface area contributed by atoms with E-state index in [4.69, 9.17) is 4.74 Å². The summed E-state index contributed by atoms with van der Waals surface area (Å²) in [6.07, 6.45) is 0.0183. The van der Waals surface area contributed by atoms with E-state index in [0.29, 0.717) is 17.1 Å². The zero-order chi connectivity index (χ0) is 28.7. The molecule has 3 aromatic carbocycles. The van der Waals surface area contributed by atoms with Gasteiger partial charge in [0.1, 0.15) is 11.5 Å². The van der Waals surface area contributed by atoms with Crippen LogP contribution < -0.4 is 9.84 Å². The van der Waals surface area contributed by atoms with E-state index in [2.05, 4.69) is 6.07 Å². The van der Waals surface area contributed by atoms with Crippen molar-refractivity contribution < 1.29 is 24.2 Å². The quantitative estimate of drug-likeness (QED) is 0.333. The van der Waals surface area contributed by atoms with E-state index in [0.717, 1.165) is 5.01 Å². The SMILES string of the molecule is CC1(C)[C@H]([C@]2(C#N)C(C)(C)[C@@]2(Cc2cccc(Oc3ccccc3)c2)C(=O)[O-])N1N1C(=O)c2ccccc2C1=O. The molecule has 6 rings (SSSR count). The van der Waals surface area contributed by atoms with Crippen LogP contribution in [0.3, 0.4) is 0 Å². The summed E-state index contributed by atoms with van der Waals surface area (Å²) in [6, 6.07) is 24.6. The molecule has 0 spiro atoms. The van der Waals surface area contributed by atoms with Crippen molar-refractivity contribution in [2.24, 2.45) is 16.2 Å². The molecule has 0 aromatic heterocycles. The summed E-state index contributed by atoms with van der Waals surface area (Å²) in [5, 5.41) is 26.5. The first kappa shape index (κ1) is 25.8. The van der Waals surface area contributed by atoms with Crippen LogP contribution in [0, 0.1) is 27.6 Å². The predicted octanol–water partition coefficient (Wildman–Crippen LogP) is 3.98. The lowest BCUT2D eigenvalue weighted by molar-refractivity contribution is -0.316. The largest absolute Gasteiger partial charge is 0.549 e. The number of hydrogen-bond donors (Lipinski definition) is 0. The average molecular weight is 535 g/mol. The zero-order valence-corrected chi connectivity index (χ0v) is 22.7. The van der Waals surface area contributed by atoms with Gasteiger partial charge in [0.2, 0.25) is 0 Å². The maximum Gasteiger partial charge on any atom is 0.276 e. The molecule has 40 heavy (non-hydrogen) atoms. The van der Waals surface area contributed by atoms with Crippen LogP contribution in [-0.4, -0.2) is 39.4 Å². The van der Waals surface area contributed by atoms with Crippen LogP contribution in [0.1, 0.15) is 54.0 Å². The summed E-state index contributed by atoms with van der Waals surface area (Å²) in [5.41, 5.74) is -3.67. The second kappa shape index (κ2) is 8.26. The van der Waals surface area contributed by atoms with E-state index >= 15 is 0 Å². The van der Waals surface area contributed by atoms with Gasteiger partial charge in [-0.1, -0.05) is 56.3 Å². The smallest absolute Gasteiger partial charge is 0.276 e. The van der Waals surface area contributed by atoms with Gasteiger partial charge in [0.25, 0.3) is 11.8 Å². The van der Waals surface area contributed by atoms with Gasteiger partial charge in [-0.2, -0.15) is 10.3 Å². The van der Waals surface area contributed by atoms with Crippen LogP contribution in [-0.2, 0) is 11.2 Å². The normalized spacial score (nSPS) is 28.9. The highest BCUT2D eigenvalue weighted by molar-refractivity contribution is 6.21. The number of para-hydroxylation sites is 1. The number of hydrogen-bond acceptors (Lipinski definition) is 7. The molecule has 8 nitrogen and oxygen atoms in total. The van der Waals surface area contributed by atoms with Gasteiger partial charge in [-0.3, -0.25) is 9.59 Å². The number of carboxylic acid groups (broad SMARTS) is 1. The monoisotopic (exact) mass is 534 g/mol. The van der Waals surface area contributed by atoms with E-state index in [9.17, 15) is 24.8 Å². The highest BCUT2D eigenvalue weighted by atomic mass is 16.5. The molecule has 3 aromatic rings. The third-order valence-electron chi connectivity index (χ3n) is 9.37. The summed E-state index contributed by atoms with van der Waals surface area (Å²) in [5.74, 6) is -1.11. The van der Waals surface area contributed by atoms with E-state index in [1.807, 2.05) is 44.2 Å². The number of rotatable bonds is 7. The summed E-state index contributed by atoms with van der Waals surface area (Å²) in [7, 11) is 0. The Labute approximate surface area is 232 Å². The lowest BCUT2D eigenvalue weighted by atomic mass is 9.82. The predicted molar refractivity (Wildman–Crippen MR) is 143 cm³/mol. The Hall–Kier alpha value is -4.48. The van der Waals surface area contributed by atoms with E-state index < -0.39 is 45.6 Å². The number of nitriles is 1. The van der Waals surface area contributed by atoms with Gasteiger partial charge < -0.3 is 14.6 Å². The molecule has 2 fully saturated rings. The lowest BCUT2D eigenvalue weighted by Crippen LogP contribution is -2.42. The van der Waals surface area contributed by atoms with Crippen LogP contribution >= 0.6 is 0 Å². The first-order valence-electron chi connectivity index (χ1n) is 13.2. The highest BCUT2D eigenvalue weighted by Gasteiger charge is 2.92. The van der Waals surface area contributed by atoms with E-state index in [1.54, 1.807) is 67.4 Å². The third-order valence-corrected chi connectivity index (χ3v) is 9.37. The number of aliphatic carboxylic acids is 1. The summed E-state index contributed by atoms with van der Waals surface area (Å²) >= 11 is 0. The van der Waals surface area contributed by atoms with Gasteiger partial charge in [0.05, 0.1) is 40.2 Å². The fraction of sp³-hybridized carbons (Fsp3) is 0.312. The van der Waals surface area contributed by atoms with Crippen LogP contribution in [0.2, 0.25) is 0 Å². The molecule has 1 saturated heterocycles. The van der Waals surface area contributed by atoms with Crippen molar-refractivity contribution in [3.05, 3.63) is 95.6 Å². The Morgan fingerprint density at radius 1 is 0.900 bits per heavy atom. The number of ether oxygens (including phenoxy) is 1. The molecular formula is C32H28N3O5-. The molecule has 202 valence electrons. The maximum absolute atomic E-state index is 13.3. The molecule has 1 saturated carbocycles. The first-order chi connectivity index (χ1) is 19.0.